The van der Waals surface area contributed by atoms with E-state index < -0.39 is 6.04 Å². The zero-order valence-electron chi connectivity index (χ0n) is 24.6. The average molecular weight is 594 g/mol. The predicted octanol–water partition coefficient (Wildman–Crippen LogP) is 6.41. The molecule has 10 heteroatoms. The fraction of sp³-hybridized carbons (Fsp3) is 0.303. The second-order valence-electron chi connectivity index (χ2n) is 11.2. The van der Waals surface area contributed by atoms with Gasteiger partial charge in [0.05, 0.1) is 16.9 Å². The Kier molecular flexibility index (Phi) is 8.20. The van der Waals surface area contributed by atoms with Gasteiger partial charge in [0.15, 0.2) is 10.9 Å². The summed E-state index contributed by atoms with van der Waals surface area (Å²) in [5.41, 5.74) is 4.87. The first kappa shape index (κ1) is 28.5. The summed E-state index contributed by atoms with van der Waals surface area (Å²) in [6.45, 7) is 1.68. The van der Waals surface area contributed by atoms with Crippen LogP contribution in [-0.2, 0) is 4.79 Å². The standard InChI is InChI=1S/C33H35N7O2S/c1-21(31(41)36-25-15-12-22(13-16-25)28-20-43-33(37-28)39(2)3)35-32(42)24-14-17-26-27(19-24)38-40(29-11-7-8-18-34-29)30(26)23-9-5-4-6-10-23/h7-8,11-21,23H,4-6,9-10H2,1-3H3,(H,35,42)(H,36,41)/t21-/m1/s1. The Morgan fingerprint density at radius 2 is 1.81 bits per heavy atom. The monoisotopic (exact) mass is 593 g/mol. The number of benzene rings is 2. The highest BCUT2D eigenvalue weighted by Gasteiger charge is 2.25. The van der Waals surface area contributed by atoms with Crippen molar-refractivity contribution in [1.82, 2.24) is 25.1 Å². The fourth-order valence-corrected chi connectivity index (χ4v) is 6.36. The number of hydrogen-bond donors (Lipinski definition) is 2. The lowest BCUT2D eigenvalue weighted by molar-refractivity contribution is -0.117. The number of hydrogen-bond acceptors (Lipinski definition) is 7. The Morgan fingerprint density at radius 1 is 1.02 bits per heavy atom. The van der Waals surface area contributed by atoms with Crippen LogP contribution < -0.4 is 15.5 Å². The summed E-state index contributed by atoms with van der Waals surface area (Å²) >= 11 is 1.58. The maximum absolute atomic E-state index is 13.2. The third-order valence-electron chi connectivity index (χ3n) is 7.89. The van der Waals surface area contributed by atoms with E-state index in [1.165, 1.54) is 19.3 Å². The minimum absolute atomic E-state index is 0.301. The largest absolute Gasteiger partial charge is 0.354 e. The van der Waals surface area contributed by atoms with Gasteiger partial charge in [-0.3, -0.25) is 9.59 Å². The van der Waals surface area contributed by atoms with Crippen molar-refractivity contribution >= 4 is 44.9 Å². The number of amides is 2. The van der Waals surface area contributed by atoms with Crippen molar-refractivity contribution in [3.05, 3.63) is 83.5 Å². The van der Waals surface area contributed by atoms with Gasteiger partial charge in [0.25, 0.3) is 5.91 Å². The van der Waals surface area contributed by atoms with Crippen molar-refractivity contribution < 1.29 is 9.59 Å². The zero-order chi connectivity index (χ0) is 29.9. The molecule has 43 heavy (non-hydrogen) atoms. The van der Waals surface area contributed by atoms with E-state index in [1.807, 2.05) is 83.7 Å². The summed E-state index contributed by atoms with van der Waals surface area (Å²) in [6, 6.07) is 18.2. The molecular formula is C33H35N7O2S. The number of anilines is 2. The molecule has 0 bridgehead atoms. The number of carbonyl (C=O) groups excluding carboxylic acids is 2. The molecule has 3 aromatic heterocycles. The van der Waals surface area contributed by atoms with Gasteiger partial charge < -0.3 is 15.5 Å². The van der Waals surface area contributed by atoms with Gasteiger partial charge >= 0.3 is 0 Å². The molecule has 1 fully saturated rings. The minimum Gasteiger partial charge on any atom is -0.354 e. The number of nitrogens with one attached hydrogen (secondary N) is 2. The number of thiazole rings is 1. The van der Waals surface area contributed by atoms with Crippen LogP contribution in [0.3, 0.4) is 0 Å². The highest BCUT2D eigenvalue weighted by Crippen LogP contribution is 2.37. The molecule has 1 aliphatic carbocycles. The number of rotatable bonds is 8. The van der Waals surface area contributed by atoms with Crippen LogP contribution in [0.5, 0.6) is 0 Å². The molecule has 9 nitrogen and oxygen atoms in total. The van der Waals surface area contributed by atoms with Crippen molar-refractivity contribution in [2.45, 2.75) is 51.0 Å². The summed E-state index contributed by atoms with van der Waals surface area (Å²) in [6.07, 6.45) is 7.67. The molecule has 0 radical (unpaired) electrons. The Morgan fingerprint density at radius 3 is 2.51 bits per heavy atom. The van der Waals surface area contributed by atoms with Crippen LogP contribution in [-0.4, -0.2) is 51.7 Å². The van der Waals surface area contributed by atoms with Gasteiger partial charge in [-0.2, -0.15) is 5.10 Å². The van der Waals surface area contributed by atoms with E-state index in [4.69, 9.17) is 5.10 Å². The van der Waals surface area contributed by atoms with Gasteiger partial charge in [-0.05, 0) is 56.2 Å². The third kappa shape index (κ3) is 6.15. The molecule has 2 amide bonds. The van der Waals surface area contributed by atoms with Crippen LogP contribution in [0.1, 0.15) is 61.0 Å². The Balaban J connectivity index is 1.15. The molecule has 1 saturated carbocycles. The predicted molar refractivity (Wildman–Crippen MR) is 172 cm³/mol. The van der Waals surface area contributed by atoms with Gasteiger partial charge in [-0.25, -0.2) is 14.6 Å². The molecule has 5 aromatic rings. The topological polar surface area (TPSA) is 105 Å². The Labute approximate surface area is 255 Å². The molecule has 3 heterocycles. The average Bonchev–Trinajstić information content (AvgIpc) is 3.68. The van der Waals surface area contributed by atoms with Crippen LogP contribution >= 0.6 is 11.3 Å². The Bertz CT molecular complexity index is 1740. The summed E-state index contributed by atoms with van der Waals surface area (Å²) in [5.74, 6) is 0.542. The van der Waals surface area contributed by atoms with Gasteiger partial charge in [0, 0.05) is 53.8 Å². The normalized spacial score (nSPS) is 14.4. The van der Waals surface area contributed by atoms with E-state index in [-0.39, 0.29) is 11.8 Å². The van der Waals surface area contributed by atoms with Crippen molar-refractivity contribution in [1.29, 1.82) is 0 Å². The SMILES string of the molecule is C[C@@H](NC(=O)c1ccc2c(C3CCCCC3)n(-c3ccccn3)nc2c1)C(=O)Nc1ccc(-c2csc(N(C)C)n2)cc1. The number of carbonyl (C=O) groups is 2. The molecule has 0 unspecified atom stereocenters. The van der Waals surface area contributed by atoms with Gasteiger partial charge in [0.2, 0.25) is 5.91 Å². The molecule has 0 saturated heterocycles. The molecule has 220 valence electrons. The number of fused-ring (bicyclic) bond motifs is 1. The highest BCUT2D eigenvalue weighted by atomic mass is 32.1. The maximum Gasteiger partial charge on any atom is 0.251 e. The lowest BCUT2D eigenvalue weighted by Crippen LogP contribution is -2.41. The van der Waals surface area contributed by atoms with Crippen LogP contribution in [0.15, 0.2) is 72.2 Å². The van der Waals surface area contributed by atoms with Gasteiger partial charge in [-0.1, -0.05) is 43.5 Å². The van der Waals surface area contributed by atoms with E-state index in [0.717, 1.165) is 51.6 Å². The Hall–Kier alpha value is -4.57. The van der Waals surface area contributed by atoms with E-state index in [0.29, 0.717) is 17.2 Å². The number of aromatic nitrogens is 4. The van der Waals surface area contributed by atoms with E-state index in [1.54, 1.807) is 30.5 Å². The van der Waals surface area contributed by atoms with E-state index in [2.05, 4.69) is 20.6 Å². The summed E-state index contributed by atoms with van der Waals surface area (Å²) in [5, 5.41) is 14.6. The van der Waals surface area contributed by atoms with Crippen LogP contribution in [0.25, 0.3) is 28.0 Å². The van der Waals surface area contributed by atoms with E-state index >= 15 is 0 Å². The molecule has 0 aliphatic heterocycles. The molecular weight excluding hydrogens is 558 g/mol. The molecule has 1 aliphatic rings. The molecule has 0 spiro atoms. The fourth-order valence-electron chi connectivity index (χ4n) is 5.59. The molecule has 2 N–H and O–H groups in total. The van der Waals surface area contributed by atoms with Crippen molar-refractivity contribution in [3.8, 4) is 17.1 Å². The zero-order valence-corrected chi connectivity index (χ0v) is 25.4. The number of pyridine rings is 1. The first-order valence-corrected chi connectivity index (χ1v) is 15.5. The lowest BCUT2D eigenvalue weighted by Gasteiger charge is -2.22. The summed E-state index contributed by atoms with van der Waals surface area (Å²) in [7, 11) is 3.93. The van der Waals surface area contributed by atoms with Gasteiger partial charge in [-0.15, -0.1) is 11.3 Å². The first-order valence-electron chi connectivity index (χ1n) is 14.7. The van der Waals surface area contributed by atoms with Crippen LogP contribution in [0.2, 0.25) is 0 Å². The molecule has 6 rings (SSSR count). The first-order chi connectivity index (χ1) is 20.9. The lowest BCUT2D eigenvalue weighted by atomic mass is 9.85. The third-order valence-corrected chi connectivity index (χ3v) is 8.90. The molecule has 1 atom stereocenters. The smallest absolute Gasteiger partial charge is 0.251 e. The summed E-state index contributed by atoms with van der Waals surface area (Å²) < 4.78 is 1.94. The van der Waals surface area contributed by atoms with Crippen molar-refractivity contribution in [2.24, 2.45) is 0 Å². The highest BCUT2D eigenvalue weighted by molar-refractivity contribution is 7.14. The van der Waals surface area contributed by atoms with Gasteiger partial charge in [0.1, 0.15) is 6.04 Å². The van der Waals surface area contributed by atoms with Crippen LogP contribution in [0.4, 0.5) is 10.8 Å². The second-order valence-corrected chi connectivity index (χ2v) is 12.1. The second kappa shape index (κ2) is 12.3. The van der Waals surface area contributed by atoms with Crippen molar-refractivity contribution in [3.63, 3.8) is 0 Å². The quantitative estimate of drug-likeness (QED) is 0.215. The van der Waals surface area contributed by atoms with E-state index in [9.17, 15) is 9.59 Å². The number of nitrogens with zero attached hydrogens (tertiary/aromatic N) is 5. The summed E-state index contributed by atoms with van der Waals surface area (Å²) in [4.78, 5) is 37.3. The van der Waals surface area contributed by atoms with Crippen LogP contribution in [0, 0.1) is 0 Å². The maximum atomic E-state index is 13.2. The minimum atomic E-state index is -0.743. The molecule has 2 aromatic carbocycles. The van der Waals surface area contributed by atoms with Crippen molar-refractivity contribution in [2.75, 3.05) is 24.3 Å².